The largest absolute Gasteiger partial charge is 0.497 e. The molecule has 1 fully saturated rings. The highest BCUT2D eigenvalue weighted by atomic mass is 32.2. The monoisotopic (exact) mass is 420 g/mol. The van der Waals surface area contributed by atoms with Gasteiger partial charge in [-0.25, -0.2) is 8.42 Å². The van der Waals surface area contributed by atoms with Crippen LogP contribution < -0.4 is 19.5 Å². The highest BCUT2D eigenvalue weighted by Crippen LogP contribution is 2.30. The van der Waals surface area contributed by atoms with E-state index in [1.54, 1.807) is 24.3 Å². The Labute approximate surface area is 170 Å². The van der Waals surface area contributed by atoms with Crippen LogP contribution in [0.2, 0.25) is 0 Å². The van der Waals surface area contributed by atoms with Gasteiger partial charge in [0.2, 0.25) is 0 Å². The molecular formula is C20H24N2O6S. The molecule has 0 bridgehead atoms. The van der Waals surface area contributed by atoms with Gasteiger partial charge in [-0.05, 0) is 37.1 Å². The van der Waals surface area contributed by atoms with Gasteiger partial charge in [0.15, 0.2) is 0 Å². The van der Waals surface area contributed by atoms with E-state index < -0.39 is 10.0 Å². The number of rotatable bonds is 8. The SMILES string of the molecule is COc1ccc(OC)c(S(=O)(=O)Nc2ccccc2C(=O)NCC2CCCO2)c1. The summed E-state index contributed by atoms with van der Waals surface area (Å²) in [5.74, 6) is 0.156. The van der Waals surface area contributed by atoms with Crippen LogP contribution in [0.5, 0.6) is 11.5 Å². The van der Waals surface area contributed by atoms with Crippen LogP contribution in [0, 0.1) is 0 Å². The number of methoxy groups -OCH3 is 2. The van der Waals surface area contributed by atoms with Gasteiger partial charge in [-0.1, -0.05) is 12.1 Å². The maximum absolute atomic E-state index is 13.0. The van der Waals surface area contributed by atoms with E-state index in [1.807, 2.05) is 0 Å². The molecule has 1 aliphatic rings. The summed E-state index contributed by atoms with van der Waals surface area (Å²) in [6.45, 7) is 1.07. The van der Waals surface area contributed by atoms with Gasteiger partial charge < -0.3 is 19.5 Å². The Kier molecular flexibility index (Phi) is 6.60. The maximum atomic E-state index is 13.0. The van der Waals surface area contributed by atoms with Crippen LogP contribution in [-0.4, -0.2) is 47.8 Å². The van der Waals surface area contributed by atoms with E-state index >= 15 is 0 Å². The molecule has 1 aliphatic heterocycles. The lowest BCUT2D eigenvalue weighted by Gasteiger charge is -2.16. The number of para-hydroxylation sites is 1. The van der Waals surface area contributed by atoms with Gasteiger partial charge >= 0.3 is 0 Å². The number of ether oxygens (including phenoxy) is 3. The summed E-state index contributed by atoms with van der Waals surface area (Å²) >= 11 is 0. The minimum Gasteiger partial charge on any atom is -0.497 e. The molecule has 0 aliphatic carbocycles. The van der Waals surface area contributed by atoms with Crippen molar-refractivity contribution in [1.29, 1.82) is 0 Å². The van der Waals surface area contributed by atoms with Crippen molar-refractivity contribution in [2.45, 2.75) is 23.8 Å². The first kappa shape index (κ1) is 20.9. The molecule has 29 heavy (non-hydrogen) atoms. The number of sulfonamides is 1. The Morgan fingerprint density at radius 3 is 2.66 bits per heavy atom. The lowest BCUT2D eigenvalue weighted by molar-refractivity contribution is 0.0858. The van der Waals surface area contributed by atoms with Crippen LogP contribution >= 0.6 is 0 Å². The number of hydrogen-bond acceptors (Lipinski definition) is 6. The van der Waals surface area contributed by atoms with Crippen molar-refractivity contribution in [3.05, 3.63) is 48.0 Å². The van der Waals surface area contributed by atoms with Crippen LogP contribution in [0.25, 0.3) is 0 Å². The molecule has 8 nitrogen and oxygen atoms in total. The third-order valence-electron chi connectivity index (χ3n) is 4.59. The number of carbonyl (C=O) groups excluding carboxylic acids is 1. The number of benzene rings is 2. The minimum absolute atomic E-state index is 0.0103. The first-order valence-electron chi connectivity index (χ1n) is 9.18. The Morgan fingerprint density at radius 2 is 1.97 bits per heavy atom. The van der Waals surface area contributed by atoms with Crippen molar-refractivity contribution in [3.63, 3.8) is 0 Å². The summed E-state index contributed by atoms with van der Waals surface area (Å²) in [6.07, 6.45) is 1.85. The smallest absolute Gasteiger partial charge is 0.265 e. The van der Waals surface area contributed by atoms with E-state index in [0.717, 1.165) is 12.8 Å². The molecule has 9 heteroatoms. The van der Waals surface area contributed by atoms with Crippen molar-refractivity contribution in [2.24, 2.45) is 0 Å². The zero-order chi connectivity index (χ0) is 20.9. The summed E-state index contributed by atoms with van der Waals surface area (Å²) in [7, 11) is -1.21. The number of amides is 1. The number of nitrogens with one attached hydrogen (secondary N) is 2. The average Bonchev–Trinajstić information content (AvgIpc) is 3.25. The van der Waals surface area contributed by atoms with Crippen LogP contribution in [0.4, 0.5) is 5.69 Å². The van der Waals surface area contributed by atoms with E-state index in [9.17, 15) is 13.2 Å². The molecule has 1 saturated heterocycles. The second kappa shape index (κ2) is 9.15. The van der Waals surface area contributed by atoms with E-state index in [2.05, 4.69) is 10.0 Å². The van der Waals surface area contributed by atoms with E-state index in [4.69, 9.17) is 14.2 Å². The van der Waals surface area contributed by atoms with Gasteiger partial charge in [0.1, 0.15) is 16.4 Å². The fourth-order valence-electron chi connectivity index (χ4n) is 3.07. The molecule has 1 atom stereocenters. The summed E-state index contributed by atoms with van der Waals surface area (Å²) in [6, 6.07) is 10.9. The molecular weight excluding hydrogens is 396 g/mol. The summed E-state index contributed by atoms with van der Waals surface area (Å²) in [5, 5.41) is 2.80. The zero-order valence-corrected chi connectivity index (χ0v) is 17.1. The lowest BCUT2D eigenvalue weighted by atomic mass is 10.1. The average molecular weight is 420 g/mol. The molecule has 0 spiro atoms. The lowest BCUT2D eigenvalue weighted by Crippen LogP contribution is -2.32. The molecule has 0 aromatic heterocycles. The molecule has 2 N–H and O–H groups in total. The third kappa shape index (κ3) is 4.99. The predicted molar refractivity (Wildman–Crippen MR) is 108 cm³/mol. The Morgan fingerprint density at radius 1 is 1.17 bits per heavy atom. The first-order valence-corrected chi connectivity index (χ1v) is 10.7. The van der Waals surface area contributed by atoms with Crippen LogP contribution in [0.1, 0.15) is 23.2 Å². The minimum atomic E-state index is -4.03. The number of hydrogen-bond donors (Lipinski definition) is 2. The molecule has 1 unspecified atom stereocenters. The van der Waals surface area contributed by atoms with Gasteiger partial charge in [-0.15, -0.1) is 0 Å². The molecule has 2 aromatic carbocycles. The molecule has 3 rings (SSSR count). The summed E-state index contributed by atoms with van der Waals surface area (Å²) in [4.78, 5) is 12.5. The van der Waals surface area contributed by atoms with Gasteiger partial charge in [-0.3, -0.25) is 9.52 Å². The normalized spacial score (nSPS) is 16.3. The highest BCUT2D eigenvalue weighted by Gasteiger charge is 2.24. The van der Waals surface area contributed by atoms with Crippen molar-refractivity contribution >= 4 is 21.6 Å². The van der Waals surface area contributed by atoms with E-state index in [1.165, 1.54) is 32.4 Å². The van der Waals surface area contributed by atoms with E-state index in [-0.39, 0.29) is 33.9 Å². The highest BCUT2D eigenvalue weighted by molar-refractivity contribution is 7.92. The Bertz CT molecular complexity index is 971. The van der Waals surface area contributed by atoms with Crippen LogP contribution in [0.3, 0.4) is 0 Å². The van der Waals surface area contributed by atoms with Gasteiger partial charge in [-0.2, -0.15) is 0 Å². The molecule has 1 heterocycles. The Hall–Kier alpha value is -2.78. The molecule has 156 valence electrons. The van der Waals surface area contributed by atoms with Crippen molar-refractivity contribution in [2.75, 3.05) is 32.1 Å². The van der Waals surface area contributed by atoms with Crippen molar-refractivity contribution in [1.82, 2.24) is 5.32 Å². The molecule has 1 amide bonds. The first-order chi connectivity index (χ1) is 13.9. The summed E-state index contributed by atoms with van der Waals surface area (Å²) in [5.41, 5.74) is 0.387. The van der Waals surface area contributed by atoms with E-state index in [0.29, 0.717) is 18.9 Å². The quantitative estimate of drug-likeness (QED) is 0.680. The Balaban J connectivity index is 1.83. The predicted octanol–water partition coefficient (Wildman–Crippen LogP) is 2.41. The second-order valence-electron chi connectivity index (χ2n) is 6.51. The van der Waals surface area contributed by atoms with Gasteiger partial charge in [0, 0.05) is 19.2 Å². The molecule has 0 saturated carbocycles. The topological polar surface area (TPSA) is 103 Å². The third-order valence-corrected chi connectivity index (χ3v) is 5.98. The number of carbonyl (C=O) groups is 1. The molecule has 0 radical (unpaired) electrons. The van der Waals surface area contributed by atoms with Crippen LogP contribution in [-0.2, 0) is 14.8 Å². The van der Waals surface area contributed by atoms with Crippen molar-refractivity contribution in [3.8, 4) is 11.5 Å². The maximum Gasteiger partial charge on any atom is 0.265 e. The van der Waals surface area contributed by atoms with Gasteiger partial charge in [0.25, 0.3) is 15.9 Å². The standard InChI is InChI=1S/C20H24N2O6S/c1-26-14-9-10-18(27-2)19(12-14)29(24,25)22-17-8-4-3-7-16(17)20(23)21-13-15-6-5-11-28-15/h3-4,7-10,12,15,22H,5-6,11,13H2,1-2H3,(H,21,23). The zero-order valence-electron chi connectivity index (χ0n) is 16.3. The van der Waals surface area contributed by atoms with Gasteiger partial charge in [0.05, 0.1) is 31.6 Å². The number of anilines is 1. The fraction of sp³-hybridized carbons (Fsp3) is 0.350. The summed E-state index contributed by atoms with van der Waals surface area (Å²) < 4.78 is 44.3. The fourth-order valence-corrected chi connectivity index (χ4v) is 4.34. The van der Waals surface area contributed by atoms with Crippen molar-refractivity contribution < 1.29 is 27.4 Å². The second-order valence-corrected chi connectivity index (χ2v) is 8.16. The molecule has 2 aromatic rings. The van der Waals surface area contributed by atoms with Crippen LogP contribution in [0.15, 0.2) is 47.4 Å².